The van der Waals surface area contributed by atoms with Gasteiger partial charge >= 0.3 is 0 Å². The maximum Gasteiger partial charge on any atom is 0.0758 e. The molecule has 2 atom stereocenters. The highest BCUT2D eigenvalue weighted by Gasteiger charge is 2.13. The Kier molecular flexibility index (Phi) is 2.47. The molecule has 2 heteroatoms. The van der Waals surface area contributed by atoms with E-state index in [1.807, 2.05) is 25.3 Å². The van der Waals surface area contributed by atoms with Crippen molar-refractivity contribution in [1.29, 1.82) is 0 Å². The Morgan fingerprint density at radius 2 is 2.36 bits per heavy atom. The van der Waals surface area contributed by atoms with E-state index in [0.717, 1.165) is 5.70 Å². The summed E-state index contributed by atoms with van der Waals surface area (Å²) < 4.78 is 0. The van der Waals surface area contributed by atoms with E-state index in [1.165, 1.54) is 0 Å². The van der Waals surface area contributed by atoms with Gasteiger partial charge in [-0.3, -0.25) is 4.99 Å². The molecule has 1 aliphatic carbocycles. The highest BCUT2D eigenvalue weighted by molar-refractivity contribution is 5.54. The number of nitrogens with zero attached hydrogens (tertiary/aromatic N) is 1. The third-order valence-corrected chi connectivity index (χ3v) is 1.82. The molecule has 0 spiro atoms. The van der Waals surface area contributed by atoms with Gasteiger partial charge < -0.3 is 5.73 Å². The van der Waals surface area contributed by atoms with Crippen LogP contribution in [0.2, 0.25) is 0 Å². The van der Waals surface area contributed by atoms with Crippen molar-refractivity contribution < 1.29 is 0 Å². The molecular formula is C9H14N2. The van der Waals surface area contributed by atoms with Crippen molar-refractivity contribution in [2.45, 2.75) is 19.9 Å². The van der Waals surface area contributed by atoms with Crippen molar-refractivity contribution in [1.82, 2.24) is 0 Å². The molecule has 11 heavy (non-hydrogen) atoms. The molecule has 0 aromatic rings. The fourth-order valence-corrected chi connectivity index (χ4v) is 1.13. The van der Waals surface area contributed by atoms with E-state index in [1.54, 1.807) is 0 Å². The Labute approximate surface area is 67.5 Å². The van der Waals surface area contributed by atoms with Crippen LogP contribution >= 0.6 is 0 Å². The predicted molar refractivity (Wildman–Crippen MR) is 48.5 cm³/mol. The average Bonchev–Trinajstić information content (AvgIpc) is 1.98. The van der Waals surface area contributed by atoms with Gasteiger partial charge in [0.2, 0.25) is 0 Å². The van der Waals surface area contributed by atoms with E-state index in [9.17, 15) is 0 Å². The highest BCUT2D eigenvalue weighted by atomic mass is 14.8. The lowest BCUT2D eigenvalue weighted by Gasteiger charge is -2.17. The van der Waals surface area contributed by atoms with Crippen LogP contribution < -0.4 is 5.73 Å². The van der Waals surface area contributed by atoms with Crippen molar-refractivity contribution in [3.05, 3.63) is 23.9 Å². The van der Waals surface area contributed by atoms with Crippen molar-refractivity contribution in [3.8, 4) is 0 Å². The quantitative estimate of drug-likeness (QED) is 0.565. The van der Waals surface area contributed by atoms with Crippen molar-refractivity contribution in [3.63, 3.8) is 0 Å². The number of hydrogen-bond acceptors (Lipinski definition) is 2. The number of hydrogen-bond donors (Lipinski definition) is 1. The Morgan fingerprint density at radius 3 is 3.00 bits per heavy atom. The van der Waals surface area contributed by atoms with Gasteiger partial charge in [0.1, 0.15) is 0 Å². The first-order chi connectivity index (χ1) is 5.24. The third kappa shape index (κ3) is 1.93. The van der Waals surface area contributed by atoms with Crippen LogP contribution in [0.25, 0.3) is 0 Å². The normalized spacial score (nSPS) is 30.9. The van der Waals surface area contributed by atoms with Crippen molar-refractivity contribution in [2.75, 3.05) is 0 Å². The van der Waals surface area contributed by atoms with Gasteiger partial charge in [0, 0.05) is 11.6 Å². The zero-order valence-corrected chi connectivity index (χ0v) is 6.99. The average molecular weight is 150 g/mol. The molecule has 0 fully saturated rings. The highest BCUT2D eigenvalue weighted by Crippen LogP contribution is 2.16. The SMILES string of the molecule is CC=NC1C=C(N)C=CC1C. The summed E-state index contributed by atoms with van der Waals surface area (Å²) in [6.45, 7) is 4.06. The molecule has 60 valence electrons. The minimum absolute atomic E-state index is 0.241. The zero-order valence-electron chi connectivity index (χ0n) is 6.99. The molecular weight excluding hydrogens is 136 g/mol. The Morgan fingerprint density at radius 1 is 1.64 bits per heavy atom. The minimum atomic E-state index is 0.241. The molecule has 0 amide bonds. The number of allylic oxidation sites excluding steroid dienone is 1. The maximum atomic E-state index is 5.62. The van der Waals surface area contributed by atoms with Gasteiger partial charge in [-0.15, -0.1) is 0 Å². The van der Waals surface area contributed by atoms with Gasteiger partial charge in [-0.1, -0.05) is 13.0 Å². The summed E-state index contributed by atoms with van der Waals surface area (Å²) in [7, 11) is 0. The van der Waals surface area contributed by atoms with Gasteiger partial charge in [-0.05, 0) is 25.3 Å². The largest absolute Gasteiger partial charge is 0.399 e. The van der Waals surface area contributed by atoms with Crippen LogP contribution in [0.4, 0.5) is 0 Å². The number of rotatable bonds is 1. The van der Waals surface area contributed by atoms with Crippen LogP contribution in [0.3, 0.4) is 0 Å². The number of aliphatic imine (C=N–C) groups is 1. The lowest BCUT2D eigenvalue weighted by Crippen LogP contribution is -2.16. The molecule has 0 aromatic heterocycles. The number of nitrogens with two attached hydrogens (primary N) is 1. The smallest absolute Gasteiger partial charge is 0.0758 e. The Balaban J connectivity index is 2.73. The van der Waals surface area contributed by atoms with Gasteiger partial charge in [0.15, 0.2) is 0 Å². The molecule has 0 aromatic carbocycles. The molecule has 1 aliphatic rings. The molecule has 0 saturated carbocycles. The standard InChI is InChI=1S/C9H14N2/c1-3-11-9-6-8(10)5-4-7(9)2/h3-7,9H,10H2,1-2H3. The second-order valence-corrected chi connectivity index (χ2v) is 2.78. The van der Waals surface area contributed by atoms with Gasteiger partial charge in [0.05, 0.1) is 6.04 Å². The van der Waals surface area contributed by atoms with E-state index < -0.39 is 0 Å². The van der Waals surface area contributed by atoms with Gasteiger partial charge in [-0.25, -0.2) is 0 Å². The van der Waals surface area contributed by atoms with Crippen LogP contribution in [-0.4, -0.2) is 12.3 Å². The van der Waals surface area contributed by atoms with Crippen molar-refractivity contribution >= 4 is 6.21 Å². The summed E-state index contributed by atoms with van der Waals surface area (Å²) >= 11 is 0. The fourth-order valence-electron chi connectivity index (χ4n) is 1.13. The minimum Gasteiger partial charge on any atom is -0.399 e. The summed E-state index contributed by atoms with van der Waals surface area (Å²) in [5, 5.41) is 0. The molecule has 2 unspecified atom stereocenters. The summed E-state index contributed by atoms with van der Waals surface area (Å²) in [6, 6.07) is 0.241. The van der Waals surface area contributed by atoms with Gasteiger partial charge in [-0.2, -0.15) is 0 Å². The molecule has 1 rings (SSSR count). The summed E-state index contributed by atoms with van der Waals surface area (Å²) in [5.74, 6) is 0.471. The summed E-state index contributed by atoms with van der Waals surface area (Å²) in [6.07, 6.45) is 7.84. The molecule has 0 heterocycles. The molecule has 0 bridgehead atoms. The third-order valence-electron chi connectivity index (χ3n) is 1.82. The Hall–Kier alpha value is -1.05. The van der Waals surface area contributed by atoms with E-state index in [0.29, 0.717) is 5.92 Å². The predicted octanol–water partition coefficient (Wildman–Crippen LogP) is 1.49. The van der Waals surface area contributed by atoms with E-state index in [2.05, 4.69) is 18.0 Å². The second kappa shape index (κ2) is 3.37. The molecule has 0 radical (unpaired) electrons. The van der Waals surface area contributed by atoms with Crippen LogP contribution in [-0.2, 0) is 0 Å². The van der Waals surface area contributed by atoms with E-state index in [-0.39, 0.29) is 6.04 Å². The fraction of sp³-hybridized carbons (Fsp3) is 0.444. The zero-order chi connectivity index (χ0) is 8.27. The van der Waals surface area contributed by atoms with Crippen LogP contribution in [0.1, 0.15) is 13.8 Å². The van der Waals surface area contributed by atoms with E-state index in [4.69, 9.17) is 5.73 Å². The molecule has 0 aliphatic heterocycles. The lowest BCUT2D eigenvalue weighted by molar-refractivity contribution is 0.623. The van der Waals surface area contributed by atoms with Crippen molar-refractivity contribution in [2.24, 2.45) is 16.6 Å². The molecule has 2 nitrogen and oxygen atoms in total. The van der Waals surface area contributed by atoms with Crippen LogP contribution in [0, 0.1) is 5.92 Å². The first-order valence-electron chi connectivity index (χ1n) is 3.87. The first kappa shape index (κ1) is 8.05. The summed E-state index contributed by atoms with van der Waals surface area (Å²) in [5.41, 5.74) is 6.44. The van der Waals surface area contributed by atoms with Crippen LogP contribution in [0.5, 0.6) is 0 Å². The van der Waals surface area contributed by atoms with E-state index >= 15 is 0 Å². The first-order valence-corrected chi connectivity index (χ1v) is 3.87. The molecule has 0 saturated heterocycles. The summed E-state index contributed by atoms with van der Waals surface area (Å²) in [4.78, 5) is 4.28. The van der Waals surface area contributed by atoms with Crippen LogP contribution in [0.15, 0.2) is 28.9 Å². The maximum absolute atomic E-state index is 5.62. The topological polar surface area (TPSA) is 38.4 Å². The molecule has 2 N–H and O–H groups in total. The van der Waals surface area contributed by atoms with Gasteiger partial charge in [0.25, 0.3) is 0 Å². The monoisotopic (exact) mass is 150 g/mol. The lowest BCUT2D eigenvalue weighted by atomic mass is 9.96. The second-order valence-electron chi connectivity index (χ2n) is 2.78. The Bertz CT molecular complexity index is 214.